The minimum atomic E-state index is -4.19. The molecule has 0 radical (unpaired) electrons. The molecule has 0 bridgehead atoms. The highest BCUT2D eigenvalue weighted by atomic mass is 19.4. The lowest BCUT2D eigenvalue weighted by Crippen LogP contribution is -2.26. The topological polar surface area (TPSA) is 66.4 Å². The van der Waals surface area contributed by atoms with Gasteiger partial charge in [0.15, 0.2) is 0 Å². The Morgan fingerprint density at radius 1 is 1.10 bits per heavy atom. The van der Waals surface area contributed by atoms with Gasteiger partial charge in [-0.1, -0.05) is 12.1 Å². The average Bonchev–Trinajstić information content (AvgIpc) is 2.36. The van der Waals surface area contributed by atoms with Crippen LogP contribution < -0.4 is 5.32 Å². The molecule has 0 unspecified atom stereocenters. The number of unbranched alkanes of at least 4 members (excludes halogenated alkanes) is 1. The van der Waals surface area contributed by atoms with Crippen molar-refractivity contribution in [2.45, 2.75) is 25.4 Å². The molecule has 0 saturated carbocycles. The van der Waals surface area contributed by atoms with Crippen molar-refractivity contribution in [3.05, 3.63) is 35.4 Å². The first-order chi connectivity index (χ1) is 9.31. The normalized spacial score (nSPS) is 11.2. The lowest BCUT2D eigenvalue weighted by Gasteiger charge is -2.08. The predicted octanol–water partition coefficient (Wildman–Crippen LogP) is 2.85. The van der Waals surface area contributed by atoms with E-state index in [-0.39, 0.29) is 30.5 Å². The zero-order valence-electron chi connectivity index (χ0n) is 10.5. The van der Waals surface area contributed by atoms with E-state index in [0.29, 0.717) is 0 Å². The molecule has 1 amide bonds. The Morgan fingerprint density at radius 2 is 1.70 bits per heavy atom. The largest absolute Gasteiger partial charge is 0.478 e. The van der Waals surface area contributed by atoms with Crippen molar-refractivity contribution in [2.24, 2.45) is 0 Å². The third-order valence-electron chi connectivity index (χ3n) is 2.57. The van der Waals surface area contributed by atoms with Gasteiger partial charge in [0.1, 0.15) is 0 Å². The smallest absolute Gasteiger partial charge is 0.389 e. The van der Waals surface area contributed by atoms with Crippen LogP contribution in [0.2, 0.25) is 0 Å². The van der Waals surface area contributed by atoms with Crippen molar-refractivity contribution in [2.75, 3.05) is 6.54 Å². The Morgan fingerprint density at radius 3 is 2.25 bits per heavy atom. The van der Waals surface area contributed by atoms with E-state index in [9.17, 15) is 22.8 Å². The number of hydrogen-bond donors (Lipinski definition) is 2. The molecule has 0 aliphatic rings. The highest BCUT2D eigenvalue weighted by molar-refractivity contribution is 6.04. The summed E-state index contributed by atoms with van der Waals surface area (Å²) in [6.07, 6.45) is -4.99. The second kappa shape index (κ2) is 6.93. The number of carbonyl (C=O) groups is 2. The molecule has 1 rings (SSSR count). The number of amides is 1. The summed E-state index contributed by atoms with van der Waals surface area (Å²) >= 11 is 0. The van der Waals surface area contributed by atoms with E-state index in [0.717, 1.165) is 0 Å². The van der Waals surface area contributed by atoms with E-state index in [1.165, 1.54) is 24.3 Å². The lowest BCUT2D eigenvalue weighted by molar-refractivity contribution is -0.135. The quantitative estimate of drug-likeness (QED) is 0.791. The molecule has 0 aliphatic carbocycles. The number of carbonyl (C=O) groups excluding carboxylic acids is 1. The van der Waals surface area contributed by atoms with Gasteiger partial charge < -0.3 is 10.4 Å². The van der Waals surface area contributed by atoms with Gasteiger partial charge in [-0.05, 0) is 25.0 Å². The number of carboxylic acids is 1. The molecular formula is C13H14F3NO3. The predicted molar refractivity (Wildman–Crippen MR) is 65.6 cm³/mol. The van der Waals surface area contributed by atoms with Crippen LogP contribution in [0.25, 0.3) is 0 Å². The number of nitrogens with one attached hydrogen (secondary N) is 1. The Bertz CT molecular complexity index is 486. The number of halogens is 3. The fraction of sp³-hybridized carbons (Fsp3) is 0.385. The maximum absolute atomic E-state index is 11.9. The lowest BCUT2D eigenvalue weighted by atomic mass is 10.1. The van der Waals surface area contributed by atoms with Gasteiger partial charge in [-0.2, -0.15) is 13.2 Å². The summed E-state index contributed by atoms with van der Waals surface area (Å²) in [5, 5.41) is 11.3. The van der Waals surface area contributed by atoms with Crippen molar-refractivity contribution in [3.63, 3.8) is 0 Å². The molecule has 0 fully saturated rings. The first kappa shape index (κ1) is 16.0. The third-order valence-corrected chi connectivity index (χ3v) is 2.57. The second-order valence-corrected chi connectivity index (χ2v) is 4.18. The Balaban J connectivity index is 2.46. The molecule has 20 heavy (non-hydrogen) atoms. The summed E-state index contributed by atoms with van der Waals surface area (Å²) < 4.78 is 35.7. The van der Waals surface area contributed by atoms with Gasteiger partial charge in [-0.15, -0.1) is 0 Å². The average molecular weight is 289 g/mol. The first-order valence-electron chi connectivity index (χ1n) is 5.98. The zero-order valence-corrected chi connectivity index (χ0v) is 10.5. The van der Waals surface area contributed by atoms with Crippen LogP contribution in [0, 0.1) is 0 Å². The van der Waals surface area contributed by atoms with Gasteiger partial charge >= 0.3 is 12.1 Å². The molecule has 1 aromatic rings. The number of rotatable bonds is 6. The molecule has 0 spiro atoms. The monoisotopic (exact) mass is 289 g/mol. The first-order valence-corrected chi connectivity index (χ1v) is 5.98. The zero-order chi connectivity index (χ0) is 15.2. The van der Waals surface area contributed by atoms with Crippen molar-refractivity contribution >= 4 is 11.9 Å². The molecule has 0 atom stereocenters. The summed E-state index contributed by atoms with van der Waals surface area (Å²) in [6.45, 7) is 0.0723. The SMILES string of the molecule is O=C(O)c1ccccc1C(=O)NCCCCC(F)(F)F. The van der Waals surface area contributed by atoms with Crippen LogP contribution in [0.4, 0.5) is 13.2 Å². The minimum Gasteiger partial charge on any atom is -0.478 e. The molecule has 1 aromatic carbocycles. The van der Waals surface area contributed by atoms with Gasteiger partial charge in [0.2, 0.25) is 0 Å². The van der Waals surface area contributed by atoms with E-state index in [2.05, 4.69) is 5.32 Å². The summed E-state index contributed by atoms with van der Waals surface area (Å²) in [4.78, 5) is 22.6. The number of carboxylic acid groups (broad SMARTS) is 1. The molecule has 7 heteroatoms. The van der Waals surface area contributed by atoms with Gasteiger partial charge in [0, 0.05) is 13.0 Å². The Hall–Kier alpha value is -2.05. The molecule has 0 aromatic heterocycles. The highest BCUT2D eigenvalue weighted by Crippen LogP contribution is 2.21. The van der Waals surface area contributed by atoms with Crippen molar-refractivity contribution in [1.82, 2.24) is 5.32 Å². The van der Waals surface area contributed by atoms with E-state index in [1.54, 1.807) is 0 Å². The maximum atomic E-state index is 11.9. The number of hydrogen-bond acceptors (Lipinski definition) is 2. The molecule has 110 valence electrons. The molecule has 4 nitrogen and oxygen atoms in total. The number of alkyl halides is 3. The highest BCUT2D eigenvalue weighted by Gasteiger charge is 2.25. The second-order valence-electron chi connectivity index (χ2n) is 4.18. The summed E-state index contributed by atoms with van der Waals surface area (Å²) in [5.74, 6) is -1.83. The maximum Gasteiger partial charge on any atom is 0.389 e. The van der Waals surface area contributed by atoms with Crippen LogP contribution in [0.15, 0.2) is 24.3 Å². The van der Waals surface area contributed by atoms with E-state index >= 15 is 0 Å². The van der Waals surface area contributed by atoms with Crippen molar-refractivity contribution < 1.29 is 27.9 Å². The molecule has 0 heterocycles. The van der Waals surface area contributed by atoms with E-state index in [1.807, 2.05) is 0 Å². The van der Waals surface area contributed by atoms with Crippen LogP contribution in [0.1, 0.15) is 40.0 Å². The molecular weight excluding hydrogens is 275 g/mol. The summed E-state index contributed by atoms with van der Waals surface area (Å²) in [5.41, 5.74) is -0.142. The fourth-order valence-corrected chi connectivity index (χ4v) is 1.62. The Labute approximate surface area is 113 Å². The van der Waals surface area contributed by atoms with Gasteiger partial charge in [-0.25, -0.2) is 4.79 Å². The van der Waals surface area contributed by atoms with Crippen LogP contribution >= 0.6 is 0 Å². The van der Waals surface area contributed by atoms with Crippen LogP contribution in [0.3, 0.4) is 0 Å². The standard InChI is InChI=1S/C13H14F3NO3/c14-13(15,16)7-3-4-8-17-11(18)9-5-1-2-6-10(9)12(19)20/h1-2,5-6H,3-4,7-8H2,(H,17,18)(H,19,20). The summed E-state index contributed by atoms with van der Waals surface area (Å²) in [6, 6.07) is 5.66. The van der Waals surface area contributed by atoms with Crippen LogP contribution in [0.5, 0.6) is 0 Å². The van der Waals surface area contributed by atoms with Crippen molar-refractivity contribution in [3.8, 4) is 0 Å². The van der Waals surface area contributed by atoms with Gasteiger partial charge in [-0.3, -0.25) is 4.79 Å². The minimum absolute atomic E-state index is 0.00387. The van der Waals surface area contributed by atoms with E-state index < -0.39 is 24.5 Å². The van der Waals surface area contributed by atoms with E-state index in [4.69, 9.17) is 5.11 Å². The number of benzene rings is 1. The van der Waals surface area contributed by atoms with Crippen LogP contribution in [-0.2, 0) is 0 Å². The third kappa shape index (κ3) is 5.29. The molecule has 0 aliphatic heterocycles. The molecule has 2 N–H and O–H groups in total. The summed E-state index contributed by atoms with van der Waals surface area (Å²) in [7, 11) is 0. The van der Waals surface area contributed by atoms with Gasteiger partial charge in [0.25, 0.3) is 5.91 Å². The molecule has 0 saturated heterocycles. The van der Waals surface area contributed by atoms with Gasteiger partial charge in [0.05, 0.1) is 11.1 Å². The van der Waals surface area contributed by atoms with Crippen molar-refractivity contribution in [1.29, 1.82) is 0 Å². The Kier molecular flexibility index (Phi) is 5.54. The van der Waals surface area contributed by atoms with Crippen LogP contribution in [-0.4, -0.2) is 29.7 Å². The fourth-order valence-electron chi connectivity index (χ4n) is 1.62. The number of aromatic carboxylic acids is 1.